The highest BCUT2D eigenvalue weighted by Gasteiger charge is 2.14. The summed E-state index contributed by atoms with van der Waals surface area (Å²) < 4.78 is 0. The number of rotatable bonds is 6. The van der Waals surface area contributed by atoms with Gasteiger partial charge in [-0.2, -0.15) is 0 Å². The minimum absolute atomic E-state index is 0. The average Bonchev–Trinajstić information content (AvgIpc) is 2.56. The van der Waals surface area contributed by atoms with Crippen molar-refractivity contribution >= 4 is 29.9 Å². The summed E-state index contributed by atoms with van der Waals surface area (Å²) in [6.07, 6.45) is 4.13. The van der Waals surface area contributed by atoms with E-state index in [9.17, 15) is 0 Å². The minimum Gasteiger partial charge on any atom is -0.356 e. The van der Waals surface area contributed by atoms with Crippen molar-refractivity contribution in [2.75, 3.05) is 40.3 Å². The highest BCUT2D eigenvalue weighted by Crippen LogP contribution is 2.10. The van der Waals surface area contributed by atoms with Crippen LogP contribution in [0.15, 0.2) is 35.3 Å². The normalized spacial score (nSPS) is 17.0. The summed E-state index contributed by atoms with van der Waals surface area (Å²) in [5.41, 5.74) is 1.25. The lowest BCUT2D eigenvalue weighted by Gasteiger charge is -2.29. The first kappa shape index (κ1) is 21.2. The van der Waals surface area contributed by atoms with Crippen LogP contribution in [0.4, 0.5) is 0 Å². The van der Waals surface area contributed by atoms with Gasteiger partial charge in [0.05, 0.1) is 6.54 Å². The highest BCUT2D eigenvalue weighted by atomic mass is 127. The summed E-state index contributed by atoms with van der Waals surface area (Å²) in [6, 6.07) is 10.4. The third-order valence-corrected chi connectivity index (χ3v) is 4.31. The summed E-state index contributed by atoms with van der Waals surface area (Å²) in [7, 11) is 4.10. The Kier molecular flexibility index (Phi) is 10.3. The summed E-state index contributed by atoms with van der Waals surface area (Å²) >= 11 is 0. The largest absolute Gasteiger partial charge is 0.356 e. The first-order valence-electron chi connectivity index (χ1n) is 8.87. The number of guanidine groups is 1. The van der Waals surface area contributed by atoms with Crippen LogP contribution in [-0.4, -0.2) is 56.0 Å². The lowest BCUT2D eigenvalue weighted by Crippen LogP contribution is -2.42. The van der Waals surface area contributed by atoms with Gasteiger partial charge in [-0.15, -0.1) is 24.0 Å². The van der Waals surface area contributed by atoms with Gasteiger partial charge in [-0.05, 0) is 37.4 Å². The van der Waals surface area contributed by atoms with Gasteiger partial charge in [0.25, 0.3) is 0 Å². The zero-order valence-corrected chi connectivity index (χ0v) is 17.7. The molecule has 1 atom stereocenters. The van der Waals surface area contributed by atoms with Gasteiger partial charge in [-0.25, -0.2) is 4.99 Å². The lowest BCUT2D eigenvalue weighted by atomic mass is 10.1. The zero-order chi connectivity index (χ0) is 16.5. The fraction of sp³-hybridized carbons (Fsp3) is 0.632. The second-order valence-corrected chi connectivity index (χ2v) is 6.87. The molecule has 1 fully saturated rings. The van der Waals surface area contributed by atoms with Crippen LogP contribution in [0, 0.1) is 5.92 Å². The van der Waals surface area contributed by atoms with Crippen molar-refractivity contribution < 1.29 is 0 Å². The molecule has 5 heteroatoms. The number of likely N-dealkylation sites (tertiary alicyclic amines) is 1. The van der Waals surface area contributed by atoms with Crippen molar-refractivity contribution in [3.8, 4) is 0 Å². The van der Waals surface area contributed by atoms with Crippen molar-refractivity contribution in [1.29, 1.82) is 0 Å². The molecule has 24 heavy (non-hydrogen) atoms. The number of nitrogens with one attached hydrogen (secondary N) is 1. The third kappa shape index (κ3) is 7.83. The zero-order valence-electron chi connectivity index (χ0n) is 15.4. The van der Waals surface area contributed by atoms with Crippen LogP contribution in [0.2, 0.25) is 0 Å². The van der Waals surface area contributed by atoms with Gasteiger partial charge in [0, 0.05) is 27.2 Å². The summed E-state index contributed by atoms with van der Waals surface area (Å²) in [4.78, 5) is 9.40. The van der Waals surface area contributed by atoms with E-state index in [1.807, 2.05) is 20.2 Å². The molecule has 4 nitrogen and oxygen atoms in total. The minimum atomic E-state index is 0. The van der Waals surface area contributed by atoms with E-state index >= 15 is 0 Å². The Morgan fingerprint density at radius 1 is 1.17 bits per heavy atom. The van der Waals surface area contributed by atoms with E-state index in [2.05, 4.69) is 46.3 Å². The number of hydrogen-bond donors (Lipinski definition) is 1. The Labute approximate surface area is 164 Å². The van der Waals surface area contributed by atoms with Crippen molar-refractivity contribution in [2.24, 2.45) is 10.9 Å². The Morgan fingerprint density at radius 2 is 1.83 bits per heavy atom. The Morgan fingerprint density at radius 3 is 2.46 bits per heavy atom. The quantitative estimate of drug-likeness (QED) is 0.415. The van der Waals surface area contributed by atoms with Gasteiger partial charge < -0.3 is 15.1 Å². The van der Waals surface area contributed by atoms with E-state index in [4.69, 9.17) is 4.99 Å². The van der Waals surface area contributed by atoms with E-state index < -0.39 is 0 Å². The molecule has 0 aliphatic carbocycles. The molecule has 1 aromatic rings. The fourth-order valence-corrected chi connectivity index (χ4v) is 3.02. The maximum atomic E-state index is 4.73. The molecular formula is C19H33IN4. The van der Waals surface area contributed by atoms with Crippen LogP contribution in [0.5, 0.6) is 0 Å². The molecule has 1 N–H and O–H groups in total. The van der Waals surface area contributed by atoms with E-state index in [1.54, 1.807) is 0 Å². The van der Waals surface area contributed by atoms with E-state index in [0.29, 0.717) is 5.92 Å². The van der Waals surface area contributed by atoms with Crippen molar-refractivity contribution in [3.63, 3.8) is 0 Å². The number of piperidine rings is 1. The monoisotopic (exact) mass is 444 g/mol. The number of halogens is 1. The second-order valence-electron chi connectivity index (χ2n) is 6.87. The molecule has 0 aromatic heterocycles. The highest BCUT2D eigenvalue weighted by molar-refractivity contribution is 14.0. The van der Waals surface area contributed by atoms with Gasteiger partial charge in [0.2, 0.25) is 0 Å². The molecule has 1 aliphatic heterocycles. The molecule has 0 bridgehead atoms. The number of benzene rings is 1. The van der Waals surface area contributed by atoms with Crippen LogP contribution < -0.4 is 5.32 Å². The summed E-state index contributed by atoms with van der Waals surface area (Å²) in [6.45, 7) is 7.75. The van der Waals surface area contributed by atoms with Crippen LogP contribution >= 0.6 is 24.0 Å². The van der Waals surface area contributed by atoms with E-state index in [0.717, 1.165) is 19.0 Å². The smallest absolute Gasteiger partial charge is 0.193 e. The SMILES string of the molecule is CC(CNC(=NCc1ccccc1)N(C)C)CN1CCCCC1.I. The Bertz CT molecular complexity index is 470. The molecule has 1 heterocycles. The topological polar surface area (TPSA) is 30.9 Å². The summed E-state index contributed by atoms with van der Waals surface area (Å²) in [5, 5.41) is 3.53. The van der Waals surface area contributed by atoms with Gasteiger partial charge in [-0.3, -0.25) is 0 Å². The molecule has 0 radical (unpaired) electrons. The van der Waals surface area contributed by atoms with Gasteiger partial charge in [-0.1, -0.05) is 43.7 Å². The maximum Gasteiger partial charge on any atom is 0.193 e. The predicted octanol–water partition coefficient (Wildman–Crippen LogP) is 3.43. The molecule has 1 aliphatic rings. The van der Waals surface area contributed by atoms with Crippen LogP contribution in [-0.2, 0) is 6.54 Å². The molecular weight excluding hydrogens is 411 g/mol. The van der Waals surface area contributed by atoms with E-state index in [-0.39, 0.29) is 24.0 Å². The second kappa shape index (κ2) is 11.7. The van der Waals surface area contributed by atoms with Crippen LogP contribution in [0.25, 0.3) is 0 Å². The van der Waals surface area contributed by atoms with Crippen LogP contribution in [0.1, 0.15) is 31.7 Å². The fourth-order valence-electron chi connectivity index (χ4n) is 3.02. The molecule has 1 aromatic carbocycles. The molecule has 136 valence electrons. The van der Waals surface area contributed by atoms with Crippen molar-refractivity contribution in [3.05, 3.63) is 35.9 Å². The van der Waals surface area contributed by atoms with Crippen molar-refractivity contribution in [2.45, 2.75) is 32.7 Å². The number of nitrogens with zero attached hydrogens (tertiary/aromatic N) is 3. The number of hydrogen-bond acceptors (Lipinski definition) is 2. The third-order valence-electron chi connectivity index (χ3n) is 4.31. The predicted molar refractivity (Wildman–Crippen MR) is 114 cm³/mol. The first-order valence-corrected chi connectivity index (χ1v) is 8.87. The average molecular weight is 444 g/mol. The molecule has 0 spiro atoms. The molecule has 1 unspecified atom stereocenters. The first-order chi connectivity index (χ1) is 11.1. The maximum absolute atomic E-state index is 4.73. The van der Waals surface area contributed by atoms with Gasteiger partial charge >= 0.3 is 0 Å². The lowest BCUT2D eigenvalue weighted by molar-refractivity contribution is 0.201. The van der Waals surface area contributed by atoms with E-state index in [1.165, 1.54) is 44.5 Å². The molecule has 1 saturated heterocycles. The summed E-state index contributed by atoms with van der Waals surface area (Å²) in [5.74, 6) is 1.61. The Hall–Kier alpha value is -0.820. The molecule has 0 saturated carbocycles. The Balaban J connectivity index is 0.00000288. The number of aliphatic imine (C=N–C) groups is 1. The van der Waals surface area contributed by atoms with Crippen molar-refractivity contribution in [1.82, 2.24) is 15.1 Å². The van der Waals surface area contributed by atoms with Crippen LogP contribution in [0.3, 0.4) is 0 Å². The standard InChI is InChI=1S/C19H32N4.HI/c1-17(16-23-12-8-5-9-13-23)14-20-19(22(2)3)21-15-18-10-6-4-7-11-18;/h4,6-7,10-11,17H,5,8-9,12-16H2,1-3H3,(H,20,21);1H. The van der Waals surface area contributed by atoms with Gasteiger partial charge in [0.1, 0.15) is 0 Å². The van der Waals surface area contributed by atoms with Gasteiger partial charge in [0.15, 0.2) is 5.96 Å². The molecule has 0 amide bonds. The molecule has 2 rings (SSSR count).